The van der Waals surface area contributed by atoms with Gasteiger partial charge in [0.1, 0.15) is 12.1 Å². The van der Waals surface area contributed by atoms with Crippen molar-refractivity contribution in [1.82, 2.24) is 0 Å². The van der Waals surface area contributed by atoms with Crippen molar-refractivity contribution in [3.63, 3.8) is 0 Å². The second kappa shape index (κ2) is 15.1. The van der Waals surface area contributed by atoms with E-state index in [-0.39, 0.29) is 5.92 Å². The molecule has 31 heavy (non-hydrogen) atoms. The van der Waals surface area contributed by atoms with Crippen LogP contribution < -0.4 is 11.1 Å². The molecule has 1 aliphatic carbocycles. The van der Waals surface area contributed by atoms with E-state index in [1.807, 2.05) is 32.9 Å². The molecule has 0 heterocycles. The highest BCUT2D eigenvalue weighted by molar-refractivity contribution is 6.11. The summed E-state index contributed by atoms with van der Waals surface area (Å²) in [6.07, 6.45) is 3.52. The summed E-state index contributed by atoms with van der Waals surface area (Å²) in [6.45, 7) is 14.8. The molecule has 6 nitrogen and oxygen atoms in total. The summed E-state index contributed by atoms with van der Waals surface area (Å²) in [5, 5.41) is 11.1. The van der Waals surface area contributed by atoms with Gasteiger partial charge in [-0.3, -0.25) is 4.99 Å². The highest BCUT2D eigenvalue weighted by Crippen LogP contribution is 2.32. The first-order valence-corrected chi connectivity index (χ1v) is 10.8. The molecule has 0 amide bonds. The summed E-state index contributed by atoms with van der Waals surface area (Å²) in [6, 6.07) is 5.50. The Balaban J connectivity index is 0.00000134. The van der Waals surface area contributed by atoms with Gasteiger partial charge in [-0.15, -0.1) is 0 Å². The van der Waals surface area contributed by atoms with Gasteiger partial charge in [-0.1, -0.05) is 26.0 Å². The topological polar surface area (TPSA) is 101 Å². The van der Waals surface area contributed by atoms with Gasteiger partial charge in [0, 0.05) is 54.9 Å². The number of methoxy groups -OCH3 is 1. The lowest BCUT2D eigenvalue weighted by atomic mass is 9.82. The third kappa shape index (κ3) is 8.89. The molecular formula is C25H40N4O2. The summed E-state index contributed by atoms with van der Waals surface area (Å²) in [4.78, 5) is 15.4. The normalized spacial score (nSPS) is 15.7. The standard InChI is InChI=1S/C20H26N4O.C3H8O.C2H6/c1-12-9-15(11-25)5-7-17(12)13(2)20(23-4)24-16-6-8-19(22)18(10-16)14(3)21;1-3-4-2;1-2/h6,8,10-11,15,21H,2,5,7,9,22H2,1,3-4H3,(H,23,24);3H2,1-2H3;1-2H3. The summed E-state index contributed by atoms with van der Waals surface area (Å²) in [7, 11) is 3.40. The number of amidine groups is 1. The van der Waals surface area contributed by atoms with Gasteiger partial charge in [0.2, 0.25) is 0 Å². The molecule has 6 heteroatoms. The van der Waals surface area contributed by atoms with Crippen LogP contribution in [0.2, 0.25) is 0 Å². The molecule has 1 aliphatic rings. The lowest BCUT2D eigenvalue weighted by Gasteiger charge is -2.24. The van der Waals surface area contributed by atoms with Gasteiger partial charge >= 0.3 is 0 Å². The Kier molecular flexibility index (Phi) is 13.8. The monoisotopic (exact) mass is 428 g/mol. The van der Waals surface area contributed by atoms with E-state index < -0.39 is 0 Å². The number of nitrogens with one attached hydrogen (secondary N) is 2. The third-order valence-corrected chi connectivity index (χ3v) is 4.92. The van der Waals surface area contributed by atoms with Crippen molar-refractivity contribution in [2.24, 2.45) is 10.9 Å². The summed E-state index contributed by atoms with van der Waals surface area (Å²) < 4.78 is 4.54. The van der Waals surface area contributed by atoms with Gasteiger partial charge in [0.05, 0.1) is 0 Å². The molecule has 0 saturated heterocycles. The van der Waals surface area contributed by atoms with Gasteiger partial charge in [-0.05, 0) is 63.8 Å². The highest BCUT2D eigenvalue weighted by Gasteiger charge is 2.21. The smallest absolute Gasteiger partial charge is 0.132 e. The molecule has 4 N–H and O–H groups in total. The second-order valence-electron chi connectivity index (χ2n) is 7.08. The Labute approximate surface area is 188 Å². The number of carbonyl (C=O) groups excluding carboxylic acids is 1. The molecule has 172 valence electrons. The van der Waals surface area contributed by atoms with Gasteiger partial charge < -0.3 is 26.0 Å². The fraction of sp³-hybridized carbons (Fsp3) is 0.480. The van der Waals surface area contributed by atoms with Crippen molar-refractivity contribution in [3.8, 4) is 0 Å². The van der Waals surface area contributed by atoms with Crippen LogP contribution in [-0.4, -0.2) is 38.6 Å². The quantitative estimate of drug-likeness (QED) is 0.236. The highest BCUT2D eigenvalue weighted by atomic mass is 16.5. The van der Waals surface area contributed by atoms with Crippen LogP contribution in [0.15, 0.2) is 46.5 Å². The van der Waals surface area contributed by atoms with E-state index in [9.17, 15) is 4.79 Å². The molecule has 0 fully saturated rings. The molecular weight excluding hydrogens is 388 g/mol. The number of nitrogens with zero attached hydrogens (tertiary/aromatic N) is 1. The molecule has 1 unspecified atom stereocenters. The maximum absolute atomic E-state index is 11.0. The number of hydrogen-bond acceptors (Lipinski definition) is 5. The fourth-order valence-corrected chi connectivity index (χ4v) is 3.19. The van der Waals surface area contributed by atoms with Gasteiger partial charge in [-0.25, -0.2) is 0 Å². The van der Waals surface area contributed by atoms with E-state index in [1.54, 1.807) is 27.1 Å². The molecule has 0 saturated carbocycles. The van der Waals surface area contributed by atoms with Crippen molar-refractivity contribution < 1.29 is 9.53 Å². The first-order chi connectivity index (χ1) is 14.8. The first-order valence-electron chi connectivity index (χ1n) is 10.8. The van der Waals surface area contributed by atoms with Gasteiger partial charge in [0.25, 0.3) is 0 Å². The number of aliphatic imine (C=N–C) groups is 1. The van der Waals surface area contributed by atoms with Crippen molar-refractivity contribution in [3.05, 3.63) is 47.1 Å². The van der Waals surface area contributed by atoms with Crippen molar-refractivity contribution in [1.29, 1.82) is 5.41 Å². The lowest BCUT2D eigenvalue weighted by molar-refractivity contribution is -0.111. The van der Waals surface area contributed by atoms with Crippen molar-refractivity contribution >= 4 is 29.2 Å². The maximum atomic E-state index is 11.0. The summed E-state index contributed by atoms with van der Waals surface area (Å²) in [5.74, 6) is 0.805. The minimum atomic E-state index is 0.113. The average Bonchev–Trinajstić information content (AvgIpc) is 2.79. The summed E-state index contributed by atoms with van der Waals surface area (Å²) >= 11 is 0. The molecule has 0 spiro atoms. The van der Waals surface area contributed by atoms with Crippen LogP contribution in [0.5, 0.6) is 0 Å². The van der Waals surface area contributed by atoms with E-state index in [2.05, 4.69) is 28.5 Å². The number of nitrogen functional groups attached to an aromatic ring is 1. The van der Waals surface area contributed by atoms with Crippen LogP contribution in [0.3, 0.4) is 0 Å². The van der Waals surface area contributed by atoms with Crippen LogP contribution in [-0.2, 0) is 9.53 Å². The Morgan fingerprint density at radius 1 is 1.42 bits per heavy atom. The van der Waals surface area contributed by atoms with E-state index >= 15 is 0 Å². The number of carbonyl (C=O) groups is 1. The van der Waals surface area contributed by atoms with Crippen molar-refractivity contribution in [2.75, 3.05) is 31.8 Å². The van der Waals surface area contributed by atoms with Gasteiger partial charge in [0.15, 0.2) is 0 Å². The lowest BCUT2D eigenvalue weighted by Crippen LogP contribution is -2.20. The molecule has 2 rings (SSSR count). The van der Waals surface area contributed by atoms with E-state index in [1.165, 1.54) is 11.1 Å². The van der Waals surface area contributed by atoms with Gasteiger partial charge in [-0.2, -0.15) is 0 Å². The Hall–Kier alpha value is -2.73. The van der Waals surface area contributed by atoms with Crippen LogP contribution in [0.25, 0.3) is 0 Å². The van der Waals surface area contributed by atoms with Crippen LogP contribution in [0, 0.1) is 11.3 Å². The summed E-state index contributed by atoms with van der Waals surface area (Å²) in [5.41, 5.74) is 11.7. The van der Waals surface area contributed by atoms with E-state index in [0.29, 0.717) is 22.8 Å². The first kappa shape index (κ1) is 28.3. The number of ether oxygens (including phenoxy) is 1. The molecule has 0 aliphatic heterocycles. The number of allylic oxidation sites excluding steroid dienone is 1. The zero-order chi connectivity index (χ0) is 24.0. The number of aldehydes is 1. The molecule has 0 bridgehead atoms. The van der Waals surface area contributed by atoms with E-state index in [4.69, 9.17) is 11.1 Å². The molecule has 0 radical (unpaired) electrons. The van der Waals surface area contributed by atoms with E-state index in [0.717, 1.165) is 43.4 Å². The fourth-order valence-electron chi connectivity index (χ4n) is 3.19. The second-order valence-corrected chi connectivity index (χ2v) is 7.08. The number of benzene rings is 1. The van der Waals surface area contributed by atoms with Crippen LogP contribution >= 0.6 is 0 Å². The number of rotatable bonds is 6. The van der Waals surface area contributed by atoms with Crippen molar-refractivity contribution in [2.45, 2.75) is 53.9 Å². The molecule has 1 aromatic carbocycles. The predicted octanol–water partition coefficient (Wildman–Crippen LogP) is 5.65. The van der Waals surface area contributed by atoms with Crippen LogP contribution in [0.4, 0.5) is 11.4 Å². The van der Waals surface area contributed by atoms with Crippen LogP contribution in [0.1, 0.15) is 59.4 Å². The molecule has 1 aromatic rings. The number of nitrogens with two attached hydrogens (primary N) is 1. The maximum Gasteiger partial charge on any atom is 0.132 e. The number of hydrogen-bond donors (Lipinski definition) is 3. The Bertz CT molecular complexity index is 808. The minimum absolute atomic E-state index is 0.113. The minimum Gasteiger partial charge on any atom is -0.398 e. The number of anilines is 2. The third-order valence-electron chi connectivity index (χ3n) is 4.92. The Morgan fingerprint density at radius 3 is 2.48 bits per heavy atom. The zero-order valence-electron chi connectivity index (χ0n) is 20.3. The molecule has 1 atom stereocenters. The average molecular weight is 429 g/mol. The predicted molar refractivity (Wildman–Crippen MR) is 134 cm³/mol. The zero-order valence-corrected chi connectivity index (χ0v) is 20.3. The SMILES string of the molecule is C=C(C(=NC)Nc1ccc(N)c(C(C)=N)c1)C1=C(C)CC(C=O)CC1.CC.CCOC. The Morgan fingerprint density at radius 2 is 2.03 bits per heavy atom. The largest absolute Gasteiger partial charge is 0.398 e. The molecule has 0 aromatic heterocycles.